The number of amides is 1. The SMILES string of the molecule is CCC(N)(CC)C(=O)Nc1ccc(N(C)C)cc1. The Bertz CT molecular complexity index is 394. The van der Waals surface area contributed by atoms with Crippen LogP contribution in [0.15, 0.2) is 24.3 Å². The highest BCUT2D eigenvalue weighted by atomic mass is 16.2. The molecule has 3 N–H and O–H groups in total. The molecule has 0 atom stereocenters. The molecule has 0 saturated carbocycles. The number of carbonyl (C=O) groups is 1. The van der Waals surface area contributed by atoms with Crippen molar-refractivity contribution in [2.45, 2.75) is 32.2 Å². The summed E-state index contributed by atoms with van der Waals surface area (Å²) in [5, 5.41) is 2.87. The zero-order chi connectivity index (χ0) is 13.8. The Hall–Kier alpha value is -1.55. The molecule has 1 rings (SSSR count). The average Bonchev–Trinajstić information content (AvgIpc) is 2.38. The lowest BCUT2D eigenvalue weighted by atomic mass is 9.93. The Balaban J connectivity index is 2.76. The fourth-order valence-corrected chi connectivity index (χ4v) is 1.67. The number of carbonyl (C=O) groups excluding carboxylic acids is 1. The summed E-state index contributed by atoms with van der Waals surface area (Å²) in [5.74, 6) is -0.120. The standard InChI is InChI=1S/C14H23N3O/c1-5-14(15,6-2)13(18)16-11-7-9-12(10-8-11)17(3)4/h7-10H,5-6,15H2,1-4H3,(H,16,18). The van der Waals surface area contributed by atoms with Gasteiger partial charge in [-0.3, -0.25) is 4.79 Å². The maximum absolute atomic E-state index is 12.1. The second-order valence-corrected chi connectivity index (χ2v) is 4.76. The Morgan fingerprint density at radius 3 is 2.11 bits per heavy atom. The summed E-state index contributed by atoms with van der Waals surface area (Å²) in [6.45, 7) is 3.86. The third-order valence-electron chi connectivity index (χ3n) is 3.36. The van der Waals surface area contributed by atoms with Crippen LogP contribution in [0.4, 0.5) is 11.4 Å². The van der Waals surface area contributed by atoms with Gasteiger partial charge in [0, 0.05) is 25.5 Å². The van der Waals surface area contributed by atoms with Crippen molar-refractivity contribution in [2.75, 3.05) is 24.3 Å². The van der Waals surface area contributed by atoms with Crippen LogP contribution in [0.1, 0.15) is 26.7 Å². The molecule has 0 aliphatic rings. The lowest BCUT2D eigenvalue weighted by Gasteiger charge is -2.25. The average molecular weight is 249 g/mol. The summed E-state index contributed by atoms with van der Waals surface area (Å²) in [6, 6.07) is 7.70. The van der Waals surface area contributed by atoms with E-state index in [1.807, 2.05) is 57.1 Å². The molecule has 0 heterocycles. The molecule has 0 saturated heterocycles. The summed E-state index contributed by atoms with van der Waals surface area (Å²) < 4.78 is 0. The molecule has 0 radical (unpaired) electrons. The van der Waals surface area contributed by atoms with E-state index >= 15 is 0 Å². The molecular formula is C14H23N3O. The molecule has 0 bridgehead atoms. The molecule has 100 valence electrons. The van der Waals surface area contributed by atoms with Gasteiger partial charge >= 0.3 is 0 Å². The molecule has 0 aliphatic heterocycles. The normalized spacial score (nSPS) is 11.2. The summed E-state index contributed by atoms with van der Waals surface area (Å²) in [5.41, 5.74) is 7.14. The van der Waals surface area contributed by atoms with Crippen LogP contribution in [0.3, 0.4) is 0 Å². The zero-order valence-electron chi connectivity index (χ0n) is 11.7. The van der Waals surface area contributed by atoms with E-state index in [0.717, 1.165) is 11.4 Å². The van der Waals surface area contributed by atoms with E-state index in [4.69, 9.17) is 5.73 Å². The van der Waals surface area contributed by atoms with Crippen molar-refractivity contribution in [1.29, 1.82) is 0 Å². The number of nitrogens with zero attached hydrogens (tertiary/aromatic N) is 1. The van der Waals surface area contributed by atoms with Crippen molar-refractivity contribution < 1.29 is 4.79 Å². The second kappa shape index (κ2) is 5.87. The molecule has 1 aromatic rings. The van der Waals surface area contributed by atoms with Crippen LogP contribution in [-0.2, 0) is 4.79 Å². The lowest BCUT2D eigenvalue weighted by molar-refractivity contribution is -0.121. The third-order valence-corrected chi connectivity index (χ3v) is 3.36. The molecule has 4 heteroatoms. The number of benzene rings is 1. The fraction of sp³-hybridized carbons (Fsp3) is 0.500. The van der Waals surface area contributed by atoms with Crippen LogP contribution >= 0.6 is 0 Å². The molecule has 0 aliphatic carbocycles. The van der Waals surface area contributed by atoms with Crippen molar-refractivity contribution in [3.8, 4) is 0 Å². The van der Waals surface area contributed by atoms with Gasteiger partial charge in [0.15, 0.2) is 0 Å². The predicted molar refractivity (Wildman–Crippen MR) is 76.9 cm³/mol. The van der Waals surface area contributed by atoms with E-state index in [0.29, 0.717) is 12.8 Å². The molecule has 1 amide bonds. The first-order valence-electron chi connectivity index (χ1n) is 6.30. The zero-order valence-corrected chi connectivity index (χ0v) is 11.7. The van der Waals surface area contributed by atoms with Crippen LogP contribution in [0.5, 0.6) is 0 Å². The van der Waals surface area contributed by atoms with Gasteiger partial charge in [0.1, 0.15) is 0 Å². The van der Waals surface area contributed by atoms with Crippen LogP contribution in [0.25, 0.3) is 0 Å². The van der Waals surface area contributed by atoms with Crippen molar-refractivity contribution in [3.63, 3.8) is 0 Å². The predicted octanol–water partition coefficient (Wildman–Crippen LogP) is 2.21. The van der Waals surface area contributed by atoms with E-state index in [1.54, 1.807) is 0 Å². The minimum absolute atomic E-state index is 0.120. The smallest absolute Gasteiger partial charge is 0.244 e. The Kier molecular flexibility index (Phi) is 4.73. The van der Waals surface area contributed by atoms with Crippen molar-refractivity contribution in [3.05, 3.63) is 24.3 Å². The molecular weight excluding hydrogens is 226 g/mol. The Labute approximate surface area is 109 Å². The van der Waals surface area contributed by atoms with Crippen molar-refractivity contribution in [1.82, 2.24) is 0 Å². The van der Waals surface area contributed by atoms with E-state index in [2.05, 4.69) is 5.32 Å². The van der Waals surface area contributed by atoms with Gasteiger partial charge in [-0.1, -0.05) is 13.8 Å². The van der Waals surface area contributed by atoms with Gasteiger partial charge in [0.05, 0.1) is 5.54 Å². The maximum atomic E-state index is 12.1. The van der Waals surface area contributed by atoms with E-state index in [9.17, 15) is 4.79 Å². The molecule has 1 aromatic carbocycles. The lowest BCUT2D eigenvalue weighted by Crippen LogP contribution is -2.50. The van der Waals surface area contributed by atoms with Crippen LogP contribution < -0.4 is 16.0 Å². The number of hydrogen-bond donors (Lipinski definition) is 2. The number of rotatable bonds is 5. The second-order valence-electron chi connectivity index (χ2n) is 4.76. The van der Waals surface area contributed by atoms with E-state index in [-0.39, 0.29) is 5.91 Å². The molecule has 0 aromatic heterocycles. The van der Waals surface area contributed by atoms with Crippen LogP contribution in [0, 0.1) is 0 Å². The Morgan fingerprint density at radius 1 is 1.22 bits per heavy atom. The van der Waals surface area contributed by atoms with Gasteiger partial charge in [-0.15, -0.1) is 0 Å². The van der Waals surface area contributed by atoms with Gasteiger partial charge in [0.2, 0.25) is 5.91 Å². The molecule has 18 heavy (non-hydrogen) atoms. The van der Waals surface area contributed by atoms with Crippen molar-refractivity contribution in [2.24, 2.45) is 5.73 Å². The van der Waals surface area contributed by atoms with E-state index in [1.165, 1.54) is 0 Å². The van der Waals surface area contributed by atoms with Gasteiger partial charge in [-0.2, -0.15) is 0 Å². The largest absolute Gasteiger partial charge is 0.378 e. The Morgan fingerprint density at radius 2 is 1.72 bits per heavy atom. The van der Waals surface area contributed by atoms with Gasteiger partial charge < -0.3 is 16.0 Å². The maximum Gasteiger partial charge on any atom is 0.244 e. The van der Waals surface area contributed by atoms with E-state index < -0.39 is 5.54 Å². The molecule has 0 spiro atoms. The molecule has 4 nitrogen and oxygen atoms in total. The first kappa shape index (κ1) is 14.5. The van der Waals surface area contributed by atoms with Gasteiger partial charge in [0.25, 0.3) is 0 Å². The molecule has 0 fully saturated rings. The number of anilines is 2. The van der Waals surface area contributed by atoms with Crippen LogP contribution in [-0.4, -0.2) is 25.5 Å². The number of hydrogen-bond acceptors (Lipinski definition) is 3. The summed E-state index contributed by atoms with van der Waals surface area (Å²) >= 11 is 0. The highest BCUT2D eigenvalue weighted by molar-refractivity contribution is 5.97. The number of nitrogens with one attached hydrogen (secondary N) is 1. The van der Waals surface area contributed by atoms with Gasteiger partial charge in [-0.25, -0.2) is 0 Å². The van der Waals surface area contributed by atoms with Crippen molar-refractivity contribution >= 4 is 17.3 Å². The minimum Gasteiger partial charge on any atom is -0.378 e. The summed E-state index contributed by atoms with van der Waals surface area (Å²) in [6.07, 6.45) is 1.26. The fourth-order valence-electron chi connectivity index (χ4n) is 1.67. The topological polar surface area (TPSA) is 58.4 Å². The third kappa shape index (κ3) is 3.23. The monoisotopic (exact) mass is 249 g/mol. The van der Waals surface area contributed by atoms with Crippen LogP contribution in [0.2, 0.25) is 0 Å². The quantitative estimate of drug-likeness (QED) is 0.841. The highest BCUT2D eigenvalue weighted by Gasteiger charge is 2.29. The number of nitrogens with two attached hydrogens (primary N) is 1. The summed E-state index contributed by atoms with van der Waals surface area (Å²) in [7, 11) is 3.96. The minimum atomic E-state index is -0.778. The van der Waals surface area contributed by atoms with Gasteiger partial charge in [-0.05, 0) is 37.1 Å². The first-order valence-corrected chi connectivity index (χ1v) is 6.30. The summed E-state index contributed by atoms with van der Waals surface area (Å²) in [4.78, 5) is 14.1. The first-order chi connectivity index (χ1) is 8.42. The highest BCUT2D eigenvalue weighted by Crippen LogP contribution is 2.18. The molecule has 0 unspecified atom stereocenters.